The Balaban J connectivity index is 1.99. The van der Waals surface area contributed by atoms with E-state index >= 15 is 0 Å². The third-order valence-corrected chi connectivity index (χ3v) is 7.08. The van der Waals surface area contributed by atoms with E-state index in [1.807, 2.05) is 18.2 Å². The summed E-state index contributed by atoms with van der Waals surface area (Å²) < 4.78 is 27.6. The standard InChI is InChI=1S/C14H16ClN3O2S2/c1-10-17-9-14(21-10)22(19,20)18-6-5-16-8-13(18)11-3-2-4-12(15)7-11/h2-4,7,9,13,16H,5-6,8H2,1H3. The Morgan fingerprint density at radius 2 is 2.27 bits per heavy atom. The monoisotopic (exact) mass is 357 g/mol. The molecular weight excluding hydrogens is 342 g/mol. The molecule has 118 valence electrons. The van der Waals surface area contributed by atoms with Gasteiger partial charge in [-0.2, -0.15) is 4.31 Å². The van der Waals surface area contributed by atoms with Gasteiger partial charge in [-0.15, -0.1) is 11.3 Å². The van der Waals surface area contributed by atoms with Crippen LogP contribution < -0.4 is 5.32 Å². The van der Waals surface area contributed by atoms with Gasteiger partial charge in [-0.3, -0.25) is 0 Å². The lowest BCUT2D eigenvalue weighted by Crippen LogP contribution is -2.48. The maximum absolute atomic E-state index is 12.9. The molecule has 0 spiro atoms. The molecule has 0 amide bonds. The van der Waals surface area contributed by atoms with Crippen molar-refractivity contribution in [2.75, 3.05) is 19.6 Å². The van der Waals surface area contributed by atoms with Gasteiger partial charge in [-0.25, -0.2) is 13.4 Å². The van der Waals surface area contributed by atoms with Crippen LogP contribution in [0.2, 0.25) is 5.02 Å². The highest BCUT2D eigenvalue weighted by Crippen LogP contribution is 2.31. The van der Waals surface area contributed by atoms with E-state index in [0.717, 1.165) is 10.6 Å². The zero-order valence-electron chi connectivity index (χ0n) is 12.0. The molecule has 2 aromatic rings. The van der Waals surface area contributed by atoms with Crippen LogP contribution in [-0.2, 0) is 10.0 Å². The normalized spacial score (nSPS) is 20.2. The number of sulfonamides is 1. The Morgan fingerprint density at radius 1 is 1.45 bits per heavy atom. The number of rotatable bonds is 3. The van der Waals surface area contributed by atoms with Gasteiger partial charge >= 0.3 is 0 Å². The Bertz CT molecular complexity index is 776. The molecule has 0 aliphatic carbocycles. The molecule has 1 aromatic carbocycles. The van der Waals surface area contributed by atoms with E-state index in [1.54, 1.807) is 17.3 Å². The molecule has 1 aromatic heterocycles. The molecule has 3 rings (SSSR count). The molecule has 8 heteroatoms. The second kappa shape index (κ2) is 6.25. The molecule has 22 heavy (non-hydrogen) atoms. The maximum atomic E-state index is 12.9. The molecule has 1 atom stereocenters. The van der Waals surface area contributed by atoms with Gasteiger partial charge in [0.2, 0.25) is 0 Å². The number of nitrogens with one attached hydrogen (secondary N) is 1. The minimum Gasteiger partial charge on any atom is -0.313 e. The Labute approximate surface area is 139 Å². The van der Waals surface area contributed by atoms with E-state index in [-0.39, 0.29) is 6.04 Å². The Morgan fingerprint density at radius 3 is 2.95 bits per heavy atom. The van der Waals surface area contributed by atoms with Gasteiger partial charge in [0.15, 0.2) is 4.21 Å². The SMILES string of the molecule is Cc1ncc(S(=O)(=O)N2CCNCC2c2cccc(Cl)c2)s1. The quantitative estimate of drug-likeness (QED) is 0.916. The van der Waals surface area contributed by atoms with Crippen molar-refractivity contribution in [3.8, 4) is 0 Å². The lowest BCUT2D eigenvalue weighted by atomic mass is 10.1. The van der Waals surface area contributed by atoms with E-state index in [2.05, 4.69) is 10.3 Å². The zero-order valence-corrected chi connectivity index (χ0v) is 14.4. The molecule has 1 fully saturated rings. The van der Waals surface area contributed by atoms with Crippen LogP contribution in [0.15, 0.2) is 34.7 Å². The van der Waals surface area contributed by atoms with Crippen LogP contribution in [-0.4, -0.2) is 37.3 Å². The van der Waals surface area contributed by atoms with Crippen molar-refractivity contribution in [2.45, 2.75) is 17.2 Å². The van der Waals surface area contributed by atoms with Crippen LogP contribution in [0, 0.1) is 6.92 Å². The van der Waals surface area contributed by atoms with Crippen molar-refractivity contribution >= 4 is 33.0 Å². The molecule has 0 radical (unpaired) electrons. The first-order valence-electron chi connectivity index (χ1n) is 6.89. The molecule has 2 heterocycles. The van der Waals surface area contributed by atoms with Gasteiger partial charge in [0, 0.05) is 24.7 Å². The molecule has 0 bridgehead atoms. The number of hydrogen-bond donors (Lipinski definition) is 1. The summed E-state index contributed by atoms with van der Waals surface area (Å²) in [5.74, 6) is 0. The number of aromatic nitrogens is 1. The number of halogens is 1. The number of nitrogens with zero attached hydrogens (tertiary/aromatic N) is 2. The van der Waals surface area contributed by atoms with Crippen molar-refractivity contribution in [2.24, 2.45) is 0 Å². The average molecular weight is 358 g/mol. The predicted octanol–water partition coefficient (Wildman–Crippen LogP) is 2.44. The summed E-state index contributed by atoms with van der Waals surface area (Å²) in [5, 5.41) is 4.60. The fourth-order valence-corrected chi connectivity index (χ4v) is 5.60. The molecule has 0 saturated carbocycles. The number of benzene rings is 1. The van der Waals surface area contributed by atoms with E-state index in [4.69, 9.17) is 11.6 Å². The first-order chi connectivity index (χ1) is 10.5. The second-order valence-electron chi connectivity index (χ2n) is 5.09. The Hall–Kier alpha value is -0.990. The lowest BCUT2D eigenvalue weighted by molar-refractivity contribution is 0.272. The summed E-state index contributed by atoms with van der Waals surface area (Å²) in [6, 6.07) is 7.09. The fourth-order valence-electron chi connectivity index (χ4n) is 2.55. The first-order valence-corrected chi connectivity index (χ1v) is 9.52. The summed E-state index contributed by atoms with van der Waals surface area (Å²) >= 11 is 7.25. The maximum Gasteiger partial charge on any atom is 0.254 e. The van der Waals surface area contributed by atoms with Gasteiger partial charge < -0.3 is 5.32 Å². The third-order valence-electron chi connectivity index (χ3n) is 3.59. The minimum absolute atomic E-state index is 0.264. The molecule has 1 aliphatic heterocycles. The van der Waals surface area contributed by atoms with E-state index in [1.165, 1.54) is 17.5 Å². The molecular formula is C14H16ClN3O2S2. The number of thiazole rings is 1. The highest BCUT2D eigenvalue weighted by Gasteiger charge is 2.35. The fraction of sp³-hybridized carbons (Fsp3) is 0.357. The van der Waals surface area contributed by atoms with E-state index in [0.29, 0.717) is 28.9 Å². The highest BCUT2D eigenvalue weighted by atomic mass is 35.5. The summed E-state index contributed by atoms with van der Waals surface area (Å²) in [5.41, 5.74) is 0.893. The summed E-state index contributed by atoms with van der Waals surface area (Å²) in [7, 11) is -3.55. The summed E-state index contributed by atoms with van der Waals surface area (Å²) in [6.45, 7) is 3.43. The largest absolute Gasteiger partial charge is 0.313 e. The van der Waals surface area contributed by atoms with Gasteiger partial charge in [-0.1, -0.05) is 23.7 Å². The van der Waals surface area contributed by atoms with Gasteiger partial charge in [0.05, 0.1) is 17.2 Å². The van der Waals surface area contributed by atoms with Crippen LogP contribution >= 0.6 is 22.9 Å². The van der Waals surface area contributed by atoms with Crippen LogP contribution in [0.4, 0.5) is 0 Å². The molecule has 5 nitrogen and oxygen atoms in total. The van der Waals surface area contributed by atoms with Crippen LogP contribution in [0.3, 0.4) is 0 Å². The summed E-state index contributed by atoms with van der Waals surface area (Å²) in [6.07, 6.45) is 1.44. The van der Waals surface area contributed by atoms with Gasteiger partial charge in [0.25, 0.3) is 10.0 Å². The number of aryl methyl sites for hydroxylation is 1. The van der Waals surface area contributed by atoms with Crippen molar-refractivity contribution in [3.05, 3.63) is 46.1 Å². The predicted molar refractivity (Wildman–Crippen MR) is 87.8 cm³/mol. The van der Waals surface area contributed by atoms with Crippen molar-refractivity contribution in [1.29, 1.82) is 0 Å². The molecule has 1 aliphatic rings. The van der Waals surface area contributed by atoms with E-state index < -0.39 is 10.0 Å². The third kappa shape index (κ3) is 3.04. The van der Waals surface area contributed by atoms with Crippen LogP contribution in [0.5, 0.6) is 0 Å². The number of piperazine rings is 1. The number of hydrogen-bond acceptors (Lipinski definition) is 5. The smallest absolute Gasteiger partial charge is 0.254 e. The Kier molecular flexibility index (Phi) is 4.52. The van der Waals surface area contributed by atoms with Crippen LogP contribution in [0.25, 0.3) is 0 Å². The van der Waals surface area contributed by atoms with Gasteiger partial charge in [0.1, 0.15) is 0 Å². The van der Waals surface area contributed by atoms with E-state index in [9.17, 15) is 8.42 Å². The van der Waals surface area contributed by atoms with Crippen molar-refractivity contribution < 1.29 is 8.42 Å². The van der Waals surface area contributed by atoms with Gasteiger partial charge in [-0.05, 0) is 24.6 Å². The second-order valence-corrected chi connectivity index (χ2v) is 8.88. The van der Waals surface area contributed by atoms with Crippen LogP contribution in [0.1, 0.15) is 16.6 Å². The molecule has 1 N–H and O–H groups in total. The minimum atomic E-state index is -3.55. The highest BCUT2D eigenvalue weighted by molar-refractivity contribution is 7.91. The summed E-state index contributed by atoms with van der Waals surface area (Å²) in [4.78, 5) is 4.07. The first kappa shape index (κ1) is 15.9. The molecule has 1 unspecified atom stereocenters. The zero-order chi connectivity index (χ0) is 15.7. The van der Waals surface area contributed by atoms with Crippen molar-refractivity contribution in [3.63, 3.8) is 0 Å². The topological polar surface area (TPSA) is 62.3 Å². The molecule has 1 saturated heterocycles. The van der Waals surface area contributed by atoms with Crippen molar-refractivity contribution in [1.82, 2.24) is 14.6 Å². The lowest BCUT2D eigenvalue weighted by Gasteiger charge is -2.35. The average Bonchev–Trinajstić information content (AvgIpc) is 2.95.